The molecule has 0 fully saturated rings. The molecule has 20 heavy (non-hydrogen) atoms. The van der Waals surface area contributed by atoms with Crippen LogP contribution in [0.25, 0.3) is 0 Å². The summed E-state index contributed by atoms with van der Waals surface area (Å²) >= 11 is 3.95. The van der Waals surface area contributed by atoms with Crippen LogP contribution in [0.15, 0.2) is 0 Å². The van der Waals surface area contributed by atoms with E-state index in [1.807, 2.05) is 0 Å². The van der Waals surface area contributed by atoms with Crippen LogP contribution in [0.1, 0.15) is 90.4 Å². The minimum atomic E-state index is -1.40. The average Bonchev–Trinajstić information content (AvgIpc) is 2.33. The normalized spacial score (nSPS) is 14.2. The van der Waals surface area contributed by atoms with Gasteiger partial charge in [-0.1, -0.05) is 19.8 Å². The van der Waals surface area contributed by atoms with Crippen LogP contribution in [0.3, 0.4) is 0 Å². The van der Waals surface area contributed by atoms with E-state index in [0.717, 1.165) is 0 Å². The zero-order valence-corrected chi connectivity index (χ0v) is 17.2. The summed E-state index contributed by atoms with van der Waals surface area (Å²) in [5, 5.41) is -1.40. The number of rotatable bonds is 14. The van der Waals surface area contributed by atoms with Crippen LogP contribution in [0.5, 0.6) is 0 Å². The predicted octanol–water partition coefficient (Wildman–Crippen LogP) is 7.83. The number of hydrogen-bond donors (Lipinski definition) is 0. The van der Waals surface area contributed by atoms with Crippen molar-refractivity contribution in [2.24, 2.45) is 0 Å². The molecule has 0 N–H and O–H groups in total. The zero-order chi connectivity index (χ0) is 15.3. The molecule has 0 aliphatic heterocycles. The van der Waals surface area contributed by atoms with E-state index in [1.54, 1.807) is 0 Å². The van der Waals surface area contributed by atoms with Gasteiger partial charge < -0.3 is 0 Å². The Hall–Kier alpha value is 0.910. The van der Waals surface area contributed by atoms with Gasteiger partial charge in [0.25, 0.3) is 0 Å². The van der Waals surface area contributed by atoms with Gasteiger partial charge in [-0.25, -0.2) is 0 Å². The molecule has 0 aromatic rings. The van der Waals surface area contributed by atoms with Crippen LogP contribution in [0, 0.1) is 0 Å². The van der Waals surface area contributed by atoms with Crippen molar-refractivity contribution >= 4 is 20.8 Å². The van der Waals surface area contributed by atoms with Crippen molar-refractivity contribution in [2.75, 3.05) is 26.2 Å². The molecule has 0 radical (unpaired) electrons. The molecule has 2 heteroatoms. The fourth-order valence-corrected chi connectivity index (χ4v) is 4.71. The second-order valence-corrected chi connectivity index (χ2v) is 22.1. The molecule has 0 nitrogen and oxygen atoms in total. The molecule has 124 valence electrons. The molecule has 0 saturated heterocycles. The van der Waals surface area contributed by atoms with E-state index < -0.39 is 5.31 Å². The van der Waals surface area contributed by atoms with E-state index in [2.05, 4.69) is 42.4 Å². The minimum absolute atomic E-state index is 1.37. The van der Waals surface area contributed by atoms with Gasteiger partial charge in [-0.15, -0.1) is 0 Å². The van der Waals surface area contributed by atoms with Gasteiger partial charge in [-0.2, -0.15) is 0 Å². The van der Waals surface area contributed by atoms with Crippen molar-refractivity contribution in [1.29, 1.82) is 0 Å². The van der Waals surface area contributed by atoms with E-state index in [0.29, 0.717) is 0 Å². The van der Waals surface area contributed by atoms with Gasteiger partial charge >= 0.3 is 118 Å². The van der Waals surface area contributed by atoms with Gasteiger partial charge in [-0.05, 0) is 0 Å². The predicted molar refractivity (Wildman–Crippen MR) is 104 cm³/mol. The molecule has 0 rings (SSSR count). The van der Waals surface area contributed by atoms with E-state index in [1.165, 1.54) is 89.6 Å². The molecule has 0 aliphatic carbocycles. The molecule has 0 heterocycles. The van der Waals surface area contributed by atoms with E-state index in [9.17, 15) is 0 Å². The van der Waals surface area contributed by atoms with Gasteiger partial charge in [-0.3, -0.25) is 0 Å². The fourth-order valence-electron chi connectivity index (χ4n) is 2.66. The van der Waals surface area contributed by atoms with Gasteiger partial charge in [0.15, 0.2) is 0 Å². The SMILES string of the molecule is CCCCCCCCCCCCCCCP(C)(C)(C)Br. The van der Waals surface area contributed by atoms with Crippen molar-refractivity contribution in [3.05, 3.63) is 0 Å². The third kappa shape index (κ3) is 18.9. The van der Waals surface area contributed by atoms with Gasteiger partial charge in [0.05, 0.1) is 0 Å². The number of halogens is 1. The fraction of sp³-hybridized carbons (Fsp3) is 1.00. The molecule has 0 aromatic carbocycles. The Morgan fingerprint density at radius 2 is 0.850 bits per heavy atom. The van der Waals surface area contributed by atoms with E-state index in [4.69, 9.17) is 0 Å². The zero-order valence-electron chi connectivity index (χ0n) is 14.7. The monoisotopic (exact) mass is 366 g/mol. The van der Waals surface area contributed by atoms with E-state index in [-0.39, 0.29) is 0 Å². The maximum absolute atomic E-state index is 3.95. The second-order valence-electron chi connectivity index (χ2n) is 7.88. The molecule has 0 amide bonds. The van der Waals surface area contributed by atoms with Crippen molar-refractivity contribution in [1.82, 2.24) is 0 Å². The first kappa shape index (κ1) is 20.9. The summed E-state index contributed by atoms with van der Waals surface area (Å²) in [6.07, 6.45) is 20.3. The van der Waals surface area contributed by atoms with Gasteiger partial charge in [0.1, 0.15) is 0 Å². The third-order valence-electron chi connectivity index (χ3n) is 4.02. The summed E-state index contributed by atoms with van der Waals surface area (Å²) in [6.45, 7) is 9.56. The molecule has 0 atom stereocenters. The van der Waals surface area contributed by atoms with Gasteiger partial charge in [0.2, 0.25) is 0 Å². The molecule has 0 aromatic heterocycles. The Bertz CT molecular complexity index is 208. The number of unbranched alkanes of at least 4 members (excludes halogenated alkanes) is 12. The van der Waals surface area contributed by atoms with Crippen LogP contribution < -0.4 is 0 Å². The van der Waals surface area contributed by atoms with E-state index >= 15 is 0 Å². The quantitative estimate of drug-likeness (QED) is 0.217. The Balaban J connectivity index is 3.11. The summed E-state index contributed by atoms with van der Waals surface area (Å²) in [5.74, 6) is 0. The molecular weight excluding hydrogens is 327 g/mol. The van der Waals surface area contributed by atoms with Crippen molar-refractivity contribution in [3.8, 4) is 0 Å². The summed E-state index contributed by atoms with van der Waals surface area (Å²) in [4.78, 5) is 0. The maximum atomic E-state index is 3.95. The molecular formula is C18H40BrP. The second kappa shape index (κ2) is 11.5. The van der Waals surface area contributed by atoms with Crippen LogP contribution in [-0.2, 0) is 0 Å². The summed E-state index contributed by atoms with van der Waals surface area (Å²) in [7, 11) is 0. The topological polar surface area (TPSA) is 0 Å². The summed E-state index contributed by atoms with van der Waals surface area (Å²) < 4.78 is 0. The Kier molecular flexibility index (Phi) is 12.0. The van der Waals surface area contributed by atoms with Crippen LogP contribution in [0.4, 0.5) is 0 Å². The van der Waals surface area contributed by atoms with Crippen molar-refractivity contribution in [3.63, 3.8) is 0 Å². The first-order chi connectivity index (χ1) is 9.31. The van der Waals surface area contributed by atoms with Crippen molar-refractivity contribution < 1.29 is 0 Å². The van der Waals surface area contributed by atoms with Gasteiger partial charge in [0, 0.05) is 0 Å². The molecule has 0 saturated carbocycles. The third-order valence-corrected chi connectivity index (χ3v) is 6.91. The molecule has 0 spiro atoms. The Morgan fingerprint density at radius 1 is 0.550 bits per heavy atom. The van der Waals surface area contributed by atoms with Crippen LogP contribution in [0.2, 0.25) is 0 Å². The first-order valence-corrected chi connectivity index (χ1v) is 14.8. The Morgan fingerprint density at radius 3 is 1.15 bits per heavy atom. The van der Waals surface area contributed by atoms with Crippen LogP contribution >= 0.6 is 20.8 Å². The summed E-state index contributed by atoms with van der Waals surface area (Å²) in [6, 6.07) is 0. The molecule has 0 aliphatic rings. The average molecular weight is 367 g/mol. The molecule has 0 unspecified atom stereocenters. The molecule has 0 bridgehead atoms. The number of hydrogen-bond acceptors (Lipinski definition) is 0. The standard InChI is InChI=1S/C18H40BrP/c1-5-6-7-8-9-10-11-12-13-14-15-16-17-18-20(2,3,4)19/h5-18H2,1-4H3. The van der Waals surface area contributed by atoms with Crippen LogP contribution in [-0.4, -0.2) is 26.2 Å². The van der Waals surface area contributed by atoms with Crippen molar-refractivity contribution in [2.45, 2.75) is 90.4 Å². The Labute approximate surface area is 137 Å². The summed E-state index contributed by atoms with van der Waals surface area (Å²) in [5.41, 5.74) is 0. The first-order valence-electron chi connectivity index (χ1n) is 9.03.